The highest BCUT2D eigenvalue weighted by Crippen LogP contribution is 2.18. The SMILES string of the molecule is CN(Cc1c[nH]c2ccccc12)C(=O)CC(=O)O. The minimum Gasteiger partial charge on any atom is -0.481 e. The van der Waals surface area contributed by atoms with Crippen LogP contribution in [0.1, 0.15) is 12.0 Å². The predicted molar refractivity (Wildman–Crippen MR) is 67.0 cm³/mol. The van der Waals surface area contributed by atoms with Crippen molar-refractivity contribution in [3.63, 3.8) is 0 Å². The average molecular weight is 246 g/mol. The number of nitrogens with one attached hydrogen (secondary N) is 1. The van der Waals surface area contributed by atoms with Crippen LogP contribution in [0, 0.1) is 0 Å². The van der Waals surface area contributed by atoms with Crippen molar-refractivity contribution in [1.29, 1.82) is 0 Å². The number of aliphatic carboxylic acids is 1. The first-order valence-corrected chi connectivity index (χ1v) is 5.58. The van der Waals surface area contributed by atoms with Gasteiger partial charge < -0.3 is 15.0 Å². The maximum absolute atomic E-state index is 11.6. The summed E-state index contributed by atoms with van der Waals surface area (Å²) in [5.41, 5.74) is 1.98. The lowest BCUT2D eigenvalue weighted by Gasteiger charge is -2.15. The number of hydrogen-bond donors (Lipinski definition) is 2. The number of fused-ring (bicyclic) bond motifs is 1. The van der Waals surface area contributed by atoms with Crippen molar-refractivity contribution in [3.8, 4) is 0 Å². The van der Waals surface area contributed by atoms with E-state index in [1.165, 1.54) is 4.90 Å². The summed E-state index contributed by atoms with van der Waals surface area (Å²) in [4.78, 5) is 26.6. The maximum Gasteiger partial charge on any atom is 0.312 e. The van der Waals surface area contributed by atoms with Crippen LogP contribution < -0.4 is 0 Å². The molecule has 0 aliphatic carbocycles. The van der Waals surface area contributed by atoms with Crippen LogP contribution in [0.4, 0.5) is 0 Å². The number of hydrogen-bond acceptors (Lipinski definition) is 2. The van der Waals surface area contributed by atoms with Crippen LogP contribution in [0.15, 0.2) is 30.5 Å². The molecule has 0 aliphatic heterocycles. The summed E-state index contributed by atoms with van der Waals surface area (Å²) in [5.74, 6) is -1.50. The van der Waals surface area contributed by atoms with E-state index >= 15 is 0 Å². The van der Waals surface area contributed by atoms with Gasteiger partial charge >= 0.3 is 5.97 Å². The van der Waals surface area contributed by atoms with E-state index in [1.807, 2.05) is 30.5 Å². The molecular formula is C13H14N2O3. The monoisotopic (exact) mass is 246 g/mol. The molecule has 0 spiro atoms. The first kappa shape index (κ1) is 12.2. The summed E-state index contributed by atoms with van der Waals surface area (Å²) in [5, 5.41) is 9.63. The van der Waals surface area contributed by atoms with E-state index in [4.69, 9.17) is 5.11 Å². The molecule has 1 amide bonds. The topological polar surface area (TPSA) is 73.4 Å². The normalized spacial score (nSPS) is 10.5. The molecule has 2 rings (SSSR count). The molecule has 2 aromatic rings. The van der Waals surface area contributed by atoms with Gasteiger partial charge in [-0.25, -0.2) is 0 Å². The molecule has 18 heavy (non-hydrogen) atoms. The summed E-state index contributed by atoms with van der Waals surface area (Å²) in [7, 11) is 1.60. The van der Waals surface area contributed by atoms with Crippen molar-refractivity contribution in [2.24, 2.45) is 0 Å². The zero-order valence-electron chi connectivity index (χ0n) is 10.0. The number of para-hydroxylation sites is 1. The Morgan fingerprint density at radius 2 is 2.06 bits per heavy atom. The summed E-state index contributed by atoms with van der Waals surface area (Å²) < 4.78 is 0. The Morgan fingerprint density at radius 3 is 2.78 bits per heavy atom. The Balaban J connectivity index is 2.14. The van der Waals surface area contributed by atoms with Crippen molar-refractivity contribution < 1.29 is 14.7 Å². The number of carbonyl (C=O) groups is 2. The molecule has 0 saturated carbocycles. The molecule has 0 unspecified atom stereocenters. The van der Waals surface area contributed by atoms with Gasteiger partial charge in [-0.05, 0) is 11.6 Å². The summed E-state index contributed by atoms with van der Waals surface area (Å²) in [6, 6.07) is 7.79. The van der Waals surface area contributed by atoms with E-state index in [1.54, 1.807) is 7.05 Å². The Kier molecular flexibility index (Phi) is 3.32. The number of aromatic nitrogens is 1. The first-order valence-electron chi connectivity index (χ1n) is 5.58. The second-order valence-electron chi connectivity index (χ2n) is 4.18. The number of benzene rings is 1. The molecule has 5 heteroatoms. The number of nitrogens with zero attached hydrogens (tertiary/aromatic N) is 1. The van der Waals surface area contributed by atoms with Gasteiger partial charge in [0.25, 0.3) is 0 Å². The van der Waals surface area contributed by atoms with Gasteiger partial charge in [-0.3, -0.25) is 9.59 Å². The molecule has 1 aromatic heterocycles. The minimum atomic E-state index is -1.11. The smallest absolute Gasteiger partial charge is 0.312 e. The summed E-state index contributed by atoms with van der Waals surface area (Å²) in [6.07, 6.45) is 1.37. The highest BCUT2D eigenvalue weighted by molar-refractivity contribution is 5.93. The van der Waals surface area contributed by atoms with E-state index in [0.717, 1.165) is 16.5 Å². The van der Waals surface area contributed by atoms with Crippen LogP contribution in [-0.2, 0) is 16.1 Å². The minimum absolute atomic E-state index is 0.396. The molecular weight excluding hydrogens is 232 g/mol. The number of rotatable bonds is 4. The third-order valence-corrected chi connectivity index (χ3v) is 2.81. The molecule has 1 aromatic carbocycles. The fourth-order valence-electron chi connectivity index (χ4n) is 1.87. The van der Waals surface area contributed by atoms with Gasteiger partial charge in [0.15, 0.2) is 0 Å². The van der Waals surface area contributed by atoms with Gasteiger partial charge in [-0.2, -0.15) is 0 Å². The number of carboxylic acid groups (broad SMARTS) is 1. The van der Waals surface area contributed by atoms with Crippen molar-refractivity contribution in [2.75, 3.05) is 7.05 Å². The second-order valence-corrected chi connectivity index (χ2v) is 4.18. The van der Waals surface area contributed by atoms with E-state index < -0.39 is 18.3 Å². The quantitative estimate of drug-likeness (QED) is 0.805. The van der Waals surface area contributed by atoms with Gasteiger partial charge in [0.2, 0.25) is 5.91 Å². The van der Waals surface area contributed by atoms with E-state index in [9.17, 15) is 9.59 Å². The lowest BCUT2D eigenvalue weighted by Crippen LogP contribution is -2.27. The zero-order chi connectivity index (χ0) is 13.1. The largest absolute Gasteiger partial charge is 0.481 e. The molecule has 1 heterocycles. The van der Waals surface area contributed by atoms with E-state index in [2.05, 4.69) is 4.98 Å². The van der Waals surface area contributed by atoms with Crippen molar-refractivity contribution in [1.82, 2.24) is 9.88 Å². The highest BCUT2D eigenvalue weighted by atomic mass is 16.4. The molecule has 0 radical (unpaired) electrons. The van der Waals surface area contributed by atoms with Crippen molar-refractivity contribution in [3.05, 3.63) is 36.0 Å². The average Bonchev–Trinajstić information content (AvgIpc) is 2.72. The molecule has 0 saturated heterocycles. The van der Waals surface area contributed by atoms with Crippen LogP contribution in [0.2, 0.25) is 0 Å². The molecule has 2 N–H and O–H groups in total. The van der Waals surface area contributed by atoms with E-state index in [-0.39, 0.29) is 0 Å². The predicted octanol–water partition coefficient (Wildman–Crippen LogP) is 1.60. The number of carboxylic acids is 1. The summed E-state index contributed by atoms with van der Waals surface area (Å²) >= 11 is 0. The highest BCUT2D eigenvalue weighted by Gasteiger charge is 2.14. The number of H-pyrrole nitrogens is 1. The van der Waals surface area contributed by atoms with Gasteiger partial charge in [0.05, 0.1) is 0 Å². The molecule has 5 nitrogen and oxygen atoms in total. The first-order chi connectivity index (χ1) is 8.58. The van der Waals surface area contributed by atoms with Crippen LogP contribution in [0.25, 0.3) is 10.9 Å². The van der Waals surface area contributed by atoms with Crippen molar-refractivity contribution in [2.45, 2.75) is 13.0 Å². The number of aromatic amines is 1. The summed E-state index contributed by atoms with van der Waals surface area (Å²) in [6.45, 7) is 0.399. The Hall–Kier alpha value is -2.30. The third kappa shape index (κ3) is 2.51. The van der Waals surface area contributed by atoms with Gasteiger partial charge in [-0.1, -0.05) is 18.2 Å². The lowest BCUT2D eigenvalue weighted by molar-refractivity contribution is -0.143. The van der Waals surface area contributed by atoms with Crippen LogP contribution in [0.5, 0.6) is 0 Å². The third-order valence-electron chi connectivity index (χ3n) is 2.81. The molecule has 94 valence electrons. The van der Waals surface area contributed by atoms with Crippen LogP contribution >= 0.6 is 0 Å². The molecule has 0 fully saturated rings. The molecule has 0 bridgehead atoms. The fraction of sp³-hybridized carbons (Fsp3) is 0.231. The lowest BCUT2D eigenvalue weighted by atomic mass is 10.1. The Bertz CT molecular complexity index is 589. The van der Waals surface area contributed by atoms with Gasteiger partial charge in [0, 0.05) is 30.7 Å². The number of amides is 1. The Morgan fingerprint density at radius 1 is 1.33 bits per heavy atom. The number of carbonyl (C=O) groups excluding carboxylic acids is 1. The van der Waals surface area contributed by atoms with Gasteiger partial charge in [-0.15, -0.1) is 0 Å². The van der Waals surface area contributed by atoms with Crippen molar-refractivity contribution >= 4 is 22.8 Å². The fourth-order valence-corrected chi connectivity index (χ4v) is 1.87. The molecule has 0 atom stereocenters. The van der Waals surface area contributed by atoms with E-state index in [0.29, 0.717) is 6.54 Å². The zero-order valence-corrected chi connectivity index (χ0v) is 10.0. The second kappa shape index (κ2) is 4.91. The maximum atomic E-state index is 11.6. The van der Waals surface area contributed by atoms with Crippen LogP contribution in [-0.4, -0.2) is 33.9 Å². The van der Waals surface area contributed by atoms with Gasteiger partial charge in [0.1, 0.15) is 6.42 Å². The standard InChI is InChI=1S/C13H14N2O3/c1-15(12(16)6-13(17)18)8-9-7-14-11-5-3-2-4-10(9)11/h2-5,7,14H,6,8H2,1H3,(H,17,18). The van der Waals surface area contributed by atoms with Crippen LogP contribution in [0.3, 0.4) is 0 Å². The Labute approximate surface area is 104 Å². The molecule has 0 aliphatic rings.